The molecule has 4 N–H and O–H groups in total. The molecule has 0 bridgehead atoms. The molecule has 0 aliphatic heterocycles. The molecule has 2 rings (SSSR count). The minimum Gasteiger partial charge on any atom is -0.423 e. The number of likely N-dealkylation sites (N-methyl/N-ethyl adjacent to an activating group) is 1. The standard InChI is InChI=1S/C10H12N4O2/c1-12-9(15)5-13-10-14-7-3-2-6(11)4-8(7)16-10/h2-4H,5,11H2,1H3,(H,12,15)(H,13,14). The van der Waals surface area contributed by atoms with E-state index < -0.39 is 0 Å². The highest BCUT2D eigenvalue weighted by atomic mass is 16.4. The van der Waals surface area contributed by atoms with Gasteiger partial charge in [-0.15, -0.1) is 0 Å². The normalized spacial score (nSPS) is 10.3. The van der Waals surface area contributed by atoms with Crippen molar-refractivity contribution in [3.05, 3.63) is 18.2 Å². The molecule has 6 heteroatoms. The minimum atomic E-state index is -0.137. The number of hydrogen-bond donors (Lipinski definition) is 3. The zero-order valence-corrected chi connectivity index (χ0v) is 8.78. The smallest absolute Gasteiger partial charge is 0.296 e. The zero-order valence-electron chi connectivity index (χ0n) is 8.78. The summed E-state index contributed by atoms with van der Waals surface area (Å²) in [5, 5.41) is 5.26. The summed E-state index contributed by atoms with van der Waals surface area (Å²) < 4.78 is 5.36. The van der Waals surface area contributed by atoms with Gasteiger partial charge in [0.1, 0.15) is 5.52 Å². The highest BCUT2D eigenvalue weighted by molar-refractivity contribution is 5.81. The summed E-state index contributed by atoms with van der Waals surface area (Å²) in [6, 6.07) is 5.50. The lowest BCUT2D eigenvalue weighted by molar-refractivity contribution is -0.118. The molecule has 1 amide bonds. The van der Waals surface area contributed by atoms with Gasteiger partial charge >= 0.3 is 0 Å². The predicted molar refractivity (Wildman–Crippen MR) is 61.0 cm³/mol. The third-order valence-corrected chi connectivity index (χ3v) is 2.09. The molecular weight excluding hydrogens is 208 g/mol. The Hall–Kier alpha value is -2.24. The van der Waals surface area contributed by atoms with E-state index >= 15 is 0 Å². The number of nitrogens with two attached hydrogens (primary N) is 1. The van der Waals surface area contributed by atoms with Crippen LogP contribution in [0.25, 0.3) is 11.1 Å². The number of nitrogen functional groups attached to an aromatic ring is 1. The summed E-state index contributed by atoms with van der Waals surface area (Å²) >= 11 is 0. The van der Waals surface area contributed by atoms with Crippen molar-refractivity contribution in [3.63, 3.8) is 0 Å². The molecule has 84 valence electrons. The summed E-state index contributed by atoms with van der Waals surface area (Å²) in [4.78, 5) is 15.1. The molecule has 0 unspecified atom stereocenters. The average Bonchev–Trinajstić information content (AvgIpc) is 2.67. The van der Waals surface area contributed by atoms with E-state index in [-0.39, 0.29) is 12.5 Å². The van der Waals surface area contributed by atoms with Crippen molar-refractivity contribution in [2.45, 2.75) is 0 Å². The summed E-state index contributed by atoms with van der Waals surface area (Å²) in [5.41, 5.74) is 7.52. The Kier molecular flexibility index (Phi) is 2.63. The van der Waals surface area contributed by atoms with Crippen LogP contribution in [-0.2, 0) is 4.79 Å². The number of rotatable bonds is 3. The van der Waals surface area contributed by atoms with Crippen molar-refractivity contribution in [1.29, 1.82) is 0 Å². The minimum absolute atomic E-state index is 0.124. The number of aromatic nitrogens is 1. The van der Waals surface area contributed by atoms with Crippen LogP contribution in [0.3, 0.4) is 0 Å². The maximum Gasteiger partial charge on any atom is 0.296 e. The Morgan fingerprint density at radius 1 is 1.56 bits per heavy atom. The van der Waals surface area contributed by atoms with Gasteiger partial charge in [-0.1, -0.05) is 0 Å². The Morgan fingerprint density at radius 2 is 2.38 bits per heavy atom. The zero-order chi connectivity index (χ0) is 11.5. The number of oxazole rings is 1. The molecule has 0 saturated carbocycles. The molecule has 0 aliphatic carbocycles. The van der Waals surface area contributed by atoms with Crippen LogP contribution in [-0.4, -0.2) is 24.5 Å². The van der Waals surface area contributed by atoms with Crippen molar-refractivity contribution in [2.75, 3.05) is 24.6 Å². The van der Waals surface area contributed by atoms with Crippen LogP contribution in [0.2, 0.25) is 0 Å². The monoisotopic (exact) mass is 220 g/mol. The van der Waals surface area contributed by atoms with Gasteiger partial charge in [0.05, 0.1) is 6.54 Å². The van der Waals surface area contributed by atoms with Gasteiger partial charge in [0.2, 0.25) is 5.91 Å². The van der Waals surface area contributed by atoms with E-state index in [1.807, 2.05) is 0 Å². The Balaban J connectivity index is 2.16. The first kappa shape index (κ1) is 10.3. The van der Waals surface area contributed by atoms with Gasteiger partial charge in [0.25, 0.3) is 6.01 Å². The number of hydrogen-bond acceptors (Lipinski definition) is 5. The number of amides is 1. The number of fused-ring (bicyclic) bond motifs is 1. The number of nitrogens with one attached hydrogen (secondary N) is 2. The van der Waals surface area contributed by atoms with Crippen LogP contribution in [0.4, 0.5) is 11.7 Å². The molecule has 6 nitrogen and oxygen atoms in total. The van der Waals surface area contributed by atoms with Gasteiger partial charge in [-0.3, -0.25) is 4.79 Å². The van der Waals surface area contributed by atoms with Crippen LogP contribution < -0.4 is 16.4 Å². The maximum atomic E-state index is 11.0. The first-order chi connectivity index (χ1) is 7.69. The van der Waals surface area contributed by atoms with Crippen LogP contribution in [0.15, 0.2) is 22.6 Å². The largest absolute Gasteiger partial charge is 0.423 e. The fraction of sp³-hybridized carbons (Fsp3) is 0.200. The number of anilines is 2. The molecule has 0 fully saturated rings. The third-order valence-electron chi connectivity index (χ3n) is 2.09. The fourth-order valence-corrected chi connectivity index (χ4v) is 1.26. The molecule has 1 aromatic carbocycles. The van der Waals surface area contributed by atoms with Crippen molar-refractivity contribution in [3.8, 4) is 0 Å². The van der Waals surface area contributed by atoms with Gasteiger partial charge in [0, 0.05) is 18.8 Å². The second kappa shape index (κ2) is 4.09. The average molecular weight is 220 g/mol. The SMILES string of the molecule is CNC(=O)CNc1nc2ccc(N)cc2o1. The Bertz CT molecular complexity index is 521. The van der Waals surface area contributed by atoms with E-state index in [4.69, 9.17) is 10.2 Å². The van der Waals surface area contributed by atoms with E-state index in [1.54, 1.807) is 25.2 Å². The molecule has 0 aliphatic rings. The molecule has 0 radical (unpaired) electrons. The van der Waals surface area contributed by atoms with Gasteiger partial charge in [-0.25, -0.2) is 0 Å². The number of benzene rings is 1. The van der Waals surface area contributed by atoms with E-state index in [0.29, 0.717) is 22.8 Å². The highest BCUT2D eigenvalue weighted by Gasteiger charge is 2.06. The quantitative estimate of drug-likeness (QED) is 0.657. The molecule has 0 spiro atoms. The Morgan fingerprint density at radius 3 is 3.12 bits per heavy atom. The number of nitrogens with zero attached hydrogens (tertiary/aromatic N) is 1. The summed E-state index contributed by atoms with van der Waals surface area (Å²) in [5.74, 6) is -0.137. The van der Waals surface area contributed by atoms with E-state index in [2.05, 4.69) is 15.6 Å². The Labute approximate surface area is 91.8 Å². The molecule has 16 heavy (non-hydrogen) atoms. The lowest BCUT2D eigenvalue weighted by Gasteiger charge is -1.98. The van der Waals surface area contributed by atoms with E-state index in [1.165, 1.54) is 0 Å². The van der Waals surface area contributed by atoms with Crippen molar-refractivity contribution >= 4 is 28.7 Å². The predicted octanol–water partition coefficient (Wildman–Crippen LogP) is 0.568. The first-order valence-corrected chi connectivity index (χ1v) is 4.79. The first-order valence-electron chi connectivity index (χ1n) is 4.79. The fourth-order valence-electron chi connectivity index (χ4n) is 1.26. The van der Waals surface area contributed by atoms with Crippen LogP contribution in [0.5, 0.6) is 0 Å². The summed E-state index contributed by atoms with van der Waals surface area (Å²) in [6.45, 7) is 0.124. The molecule has 1 heterocycles. The molecule has 2 aromatic rings. The topological polar surface area (TPSA) is 93.2 Å². The van der Waals surface area contributed by atoms with E-state index in [0.717, 1.165) is 0 Å². The second-order valence-electron chi connectivity index (χ2n) is 3.27. The van der Waals surface area contributed by atoms with E-state index in [9.17, 15) is 4.79 Å². The van der Waals surface area contributed by atoms with Crippen LogP contribution >= 0.6 is 0 Å². The van der Waals surface area contributed by atoms with Gasteiger partial charge in [-0.2, -0.15) is 4.98 Å². The van der Waals surface area contributed by atoms with Gasteiger partial charge < -0.3 is 20.8 Å². The molecular formula is C10H12N4O2. The molecule has 0 saturated heterocycles. The van der Waals surface area contributed by atoms with Crippen molar-refractivity contribution in [2.24, 2.45) is 0 Å². The lowest BCUT2D eigenvalue weighted by atomic mass is 10.3. The highest BCUT2D eigenvalue weighted by Crippen LogP contribution is 2.20. The molecule has 1 aromatic heterocycles. The third kappa shape index (κ3) is 2.05. The lowest BCUT2D eigenvalue weighted by Crippen LogP contribution is -2.26. The van der Waals surface area contributed by atoms with Crippen molar-refractivity contribution in [1.82, 2.24) is 10.3 Å². The maximum absolute atomic E-state index is 11.0. The molecule has 0 atom stereocenters. The number of carbonyl (C=O) groups is 1. The van der Waals surface area contributed by atoms with Crippen LogP contribution in [0.1, 0.15) is 0 Å². The number of carbonyl (C=O) groups excluding carboxylic acids is 1. The summed E-state index contributed by atoms with van der Waals surface area (Å²) in [7, 11) is 1.57. The van der Waals surface area contributed by atoms with Gasteiger partial charge in [0.15, 0.2) is 5.58 Å². The van der Waals surface area contributed by atoms with Crippen molar-refractivity contribution < 1.29 is 9.21 Å². The van der Waals surface area contributed by atoms with Crippen LogP contribution in [0, 0.1) is 0 Å². The second-order valence-corrected chi connectivity index (χ2v) is 3.27. The summed E-state index contributed by atoms with van der Waals surface area (Å²) in [6.07, 6.45) is 0. The van der Waals surface area contributed by atoms with Gasteiger partial charge in [-0.05, 0) is 12.1 Å².